The summed E-state index contributed by atoms with van der Waals surface area (Å²) in [5.41, 5.74) is 4.84. The lowest BCUT2D eigenvalue weighted by Gasteiger charge is -2.24. The van der Waals surface area contributed by atoms with Crippen LogP contribution < -0.4 is 10.2 Å². The maximum Gasteiger partial charge on any atom is 0.407 e. The highest BCUT2D eigenvalue weighted by atomic mass is 16.5. The summed E-state index contributed by atoms with van der Waals surface area (Å²) in [7, 11) is 1.51. The molecule has 0 spiro atoms. The van der Waals surface area contributed by atoms with Gasteiger partial charge in [-0.25, -0.2) is 4.79 Å². The van der Waals surface area contributed by atoms with Crippen molar-refractivity contribution in [3.05, 3.63) is 84.2 Å². The Labute approximate surface area is 190 Å². The zero-order valence-corrected chi connectivity index (χ0v) is 18.0. The number of carboxylic acid groups (broad SMARTS) is 1. The van der Waals surface area contributed by atoms with Crippen LogP contribution in [0.5, 0.6) is 0 Å². The van der Waals surface area contributed by atoms with Crippen molar-refractivity contribution in [2.75, 3.05) is 18.6 Å². The van der Waals surface area contributed by atoms with Crippen molar-refractivity contribution in [2.45, 2.75) is 18.4 Å². The third-order valence-electron chi connectivity index (χ3n) is 5.69. The Morgan fingerprint density at radius 3 is 2.15 bits per heavy atom. The van der Waals surface area contributed by atoms with Crippen LogP contribution in [0.15, 0.2) is 73.1 Å². The Morgan fingerprint density at radius 2 is 1.58 bits per heavy atom. The van der Waals surface area contributed by atoms with Gasteiger partial charge in [0.05, 0.1) is 6.42 Å². The number of carbonyl (C=O) groups excluding carboxylic acids is 2. The van der Waals surface area contributed by atoms with Gasteiger partial charge in [0.1, 0.15) is 12.6 Å². The first-order chi connectivity index (χ1) is 16.0. The summed E-state index contributed by atoms with van der Waals surface area (Å²) < 4.78 is 5.46. The molecule has 1 aliphatic carbocycles. The minimum atomic E-state index is -1.28. The fraction of sp³-hybridized carbons (Fsp3) is 0.200. The highest BCUT2D eigenvalue weighted by molar-refractivity contribution is 6.00. The molecule has 2 amide bonds. The second-order valence-electron chi connectivity index (χ2n) is 7.72. The van der Waals surface area contributed by atoms with E-state index in [2.05, 4.69) is 10.3 Å². The van der Waals surface area contributed by atoms with E-state index in [1.165, 1.54) is 24.3 Å². The van der Waals surface area contributed by atoms with Gasteiger partial charge in [-0.3, -0.25) is 14.6 Å². The standard InChI is InChI=1S/C25H23N3O5/c1-28(16-10-12-26-13-11-16)24(31)22(14-23(29)30)27-25(32)33-15-21-19-8-4-2-6-17(19)18-7-3-5-9-20(18)21/h2-13,21-22H,14-15H2,1H3,(H,27,32)(H,29,30). The molecule has 1 heterocycles. The third kappa shape index (κ3) is 4.69. The molecule has 4 rings (SSSR count). The van der Waals surface area contributed by atoms with E-state index in [-0.39, 0.29) is 12.5 Å². The number of likely N-dealkylation sites (N-methyl/N-ethyl adjacent to an activating group) is 1. The molecule has 0 fully saturated rings. The lowest BCUT2D eigenvalue weighted by Crippen LogP contribution is -2.48. The Bertz CT molecular complexity index is 1140. The van der Waals surface area contributed by atoms with Gasteiger partial charge in [-0.1, -0.05) is 48.5 Å². The average Bonchev–Trinajstić information content (AvgIpc) is 3.15. The summed E-state index contributed by atoms with van der Waals surface area (Å²) in [5.74, 6) is -1.93. The number of benzene rings is 2. The zero-order chi connectivity index (χ0) is 23.4. The van der Waals surface area contributed by atoms with Gasteiger partial charge >= 0.3 is 12.1 Å². The number of hydrogen-bond acceptors (Lipinski definition) is 5. The number of fused-ring (bicyclic) bond motifs is 3. The number of carboxylic acids is 1. The van der Waals surface area contributed by atoms with Crippen molar-refractivity contribution in [1.82, 2.24) is 10.3 Å². The number of aliphatic carboxylic acids is 1. The summed E-state index contributed by atoms with van der Waals surface area (Å²) in [6, 6.07) is 17.8. The van der Waals surface area contributed by atoms with E-state index in [0.717, 1.165) is 22.3 Å². The topological polar surface area (TPSA) is 109 Å². The number of carbonyl (C=O) groups is 3. The molecule has 2 aromatic carbocycles. The predicted octanol–water partition coefficient (Wildman–Crippen LogP) is 3.43. The van der Waals surface area contributed by atoms with Crippen molar-refractivity contribution in [1.29, 1.82) is 0 Å². The summed E-state index contributed by atoms with van der Waals surface area (Å²) in [6.45, 7) is 0.0635. The zero-order valence-electron chi connectivity index (χ0n) is 18.0. The van der Waals surface area contributed by atoms with Gasteiger partial charge in [0.25, 0.3) is 0 Å². The first kappa shape index (κ1) is 22.0. The Kier molecular flexibility index (Phi) is 6.35. The van der Waals surface area contributed by atoms with Crippen LogP contribution in [0.25, 0.3) is 11.1 Å². The molecule has 8 nitrogen and oxygen atoms in total. The number of nitrogens with one attached hydrogen (secondary N) is 1. The van der Waals surface area contributed by atoms with Crippen molar-refractivity contribution in [3.8, 4) is 11.1 Å². The molecule has 0 bridgehead atoms. The van der Waals surface area contributed by atoms with Gasteiger partial charge in [0.2, 0.25) is 5.91 Å². The molecule has 0 saturated carbocycles. The Morgan fingerprint density at radius 1 is 1.00 bits per heavy atom. The van der Waals surface area contributed by atoms with Crippen molar-refractivity contribution in [3.63, 3.8) is 0 Å². The molecule has 0 saturated heterocycles. The van der Waals surface area contributed by atoms with Gasteiger partial charge < -0.3 is 20.1 Å². The molecule has 1 aliphatic rings. The van der Waals surface area contributed by atoms with Gasteiger partial charge in [-0.15, -0.1) is 0 Å². The van der Waals surface area contributed by atoms with Crippen molar-refractivity contribution >= 4 is 23.7 Å². The van der Waals surface area contributed by atoms with E-state index in [9.17, 15) is 19.5 Å². The highest BCUT2D eigenvalue weighted by Crippen LogP contribution is 2.44. The molecule has 0 aliphatic heterocycles. The first-order valence-corrected chi connectivity index (χ1v) is 10.5. The molecule has 33 heavy (non-hydrogen) atoms. The highest BCUT2D eigenvalue weighted by Gasteiger charge is 2.31. The molecule has 1 aromatic heterocycles. The fourth-order valence-electron chi connectivity index (χ4n) is 4.09. The van der Waals surface area contributed by atoms with Crippen LogP contribution in [0.3, 0.4) is 0 Å². The smallest absolute Gasteiger partial charge is 0.407 e. The molecular weight excluding hydrogens is 422 g/mol. The molecule has 1 unspecified atom stereocenters. The lowest BCUT2D eigenvalue weighted by atomic mass is 9.98. The maximum atomic E-state index is 12.9. The van der Waals surface area contributed by atoms with Crippen LogP contribution in [0.2, 0.25) is 0 Å². The number of hydrogen-bond donors (Lipinski definition) is 2. The van der Waals surface area contributed by atoms with E-state index in [1.807, 2.05) is 48.5 Å². The molecule has 2 N–H and O–H groups in total. The van der Waals surface area contributed by atoms with Crippen LogP contribution in [0, 0.1) is 0 Å². The van der Waals surface area contributed by atoms with Crippen LogP contribution in [0.4, 0.5) is 10.5 Å². The fourth-order valence-corrected chi connectivity index (χ4v) is 4.09. The number of pyridine rings is 1. The Balaban J connectivity index is 1.45. The average molecular weight is 445 g/mol. The van der Waals surface area contributed by atoms with Gasteiger partial charge in [0, 0.05) is 31.0 Å². The Hall–Kier alpha value is -4.20. The summed E-state index contributed by atoms with van der Waals surface area (Å²) >= 11 is 0. The van der Waals surface area contributed by atoms with E-state index in [0.29, 0.717) is 5.69 Å². The number of aromatic nitrogens is 1. The predicted molar refractivity (Wildman–Crippen MR) is 122 cm³/mol. The second kappa shape index (κ2) is 9.52. The number of ether oxygens (including phenoxy) is 1. The van der Waals surface area contributed by atoms with E-state index >= 15 is 0 Å². The number of rotatable bonds is 7. The van der Waals surface area contributed by atoms with Crippen molar-refractivity contribution in [2.24, 2.45) is 0 Å². The van der Waals surface area contributed by atoms with Crippen LogP contribution in [-0.4, -0.2) is 47.8 Å². The second-order valence-corrected chi connectivity index (χ2v) is 7.72. The van der Waals surface area contributed by atoms with Crippen LogP contribution in [-0.2, 0) is 14.3 Å². The van der Waals surface area contributed by atoms with E-state index in [1.54, 1.807) is 12.1 Å². The van der Waals surface area contributed by atoms with Gasteiger partial charge in [-0.05, 0) is 34.4 Å². The maximum absolute atomic E-state index is 12.9. The molecule has 1 atom stereocenters. The van der Waals surface area contributed by atoms with E-state index < -0.39 is 30.4 Å². The normalized spacial score (nSPS) is 12.9. The minimum Gasteiger partial charge on any atom is -0.481 e. The number of alkyl carbamates (subject to hydrolysis) is 1. The number of amides is 2. The summed E-state index contributed by atoms with van der Waals surface area (Å²) in [6.07, 6.45) is 1.62. The largest absolute Gasteiger partial charge is 0.481 e. The molecular formula is C25H23N3O5. The van der Waals surface area contributed by atoms with Crippen molar-refractivity contribution < 1.29 is 24.2 Å². The monoisotopic (exact) mass is 445 g/mol. The SMILES string of the molecule is CN(C(=O)C(CC(=O)O)NC(=O)OCC1c2ccccc2-c2ccccc21)c1ccncc1. The summed E-state index contributed by atoms with van der Waals surface area (Å²) in [4.78, 5) is 41.9. The molecule has 3 aromatic rings. The quantitative estimate of drug-likeness (QED) is 0.577. The van der Waals surface area contributed by atoms with Crippen LogP contribution in [0.1, 0.15) is 23.5 Å². The van der Waals surface area contributed by atoms with Crippen LogP contribution >= 0.6 is 0 Å². The molecule has 168 valence electrons. The first-order valence-electron chi connectivity index (χ1n) is 10.5. The van der Waals surface area contributed by atoms with E-state index in [4.69, 9.17) is 4.74 Å². The molecule has 0 radical (unpaired) electrons. The third-order valence-corrected chi connectivity index (χ3v) is 5.69. The minimum absolute atomic E-state index is 0.0635. The number of nitrogens with zero attached hydrogens (tertiary/aromatic N) is 2. The molecule has 8 heteroatoms. The summed E-state index contributed by atoms with van der Waals surface area (Å²) in [5, 5.41) is 11.7. The number of anilines is 1. The van der Waals surface area contributed by atoms with Gasteiger partial charge in [-0.2, -0.15) is 0 Å². The lowest BCUT2D eigenvalue weighted by molar-refractivity contribution is -0.139. The van der Waals surface area contributed by atoms with Gasteiger partial charge in [0.15, 0.2) is 0 Å².